The Bertz CT molecular complexity index is 558. The molecule has 0 unspecified atom stereocenters. The molecule has 0 aliphatic heterocycles. The van der Waals surface area contributed by atoms with Crippen LogP contribution < -0.4 is 10.1 Å². The second-order valence-electron chi connectivity index (χ2n) is 7.01. The molecule has 1 N–H and O–H groups in total. The molecule has 0 aromatic heterocycles. The number of nitrogens with one attached hydrogen (secondary N) is 1. The van der Waals surface area contributed by atoms with Gasteiger partial charge in [-0.2, -0.15) is 5.26 Å². The van der Waals surface area contributed by atoms with E-state index in [2.05, 4.69) is 32.2 Å². The highest BCUT2D eigenvalue weighted by atomic mass is 16.5. The summed E-state index contributed by atoms with van der Waals surface area (Å²) in [4.78, 5) is 12.0. The van der Waals surface area contributed by atoms with E-state index in [9.17, 15) is 10.1 Å². The molecule has 0 bridgehead atoms. The first-order chi connectivity index (χ1) is 10.3. The molecule has 0 atom stereocenters. The molecule has 22 heavy (non-hydrogen) atoms. The summed E-state index contributed by atoms with van der Waals surface area (Å²) in [5.74, 6) is 0.434. The fourth-order valence-corrected chi connectivity index (χ4v) is 2.75. The molecule has 1 aromatic rings. The molecule has 2 rings (SSSR count). The summed E-state index contributed by atoms with van der Waals surface area (Å²) in [6.07, 6.45) is 3.44. The largest absolute Gasteiger partial charge is 0.484 e. The Balaban J connectivity index is 1.87. The summed E-state index contributed by atoms with van der Waals surface area (Å²) >= 11 is 0. The monoisotopic (exact) mass is 300 g/mol. The molecule has 4 heteroatoms. The number of rotatable bonds is 4. The molecule has 1 aromatic carbocycles. The Kier molecular flexibility index (Phi) is 4.75. The number of nitriles is 1. The molecule has 1 saturated carbocycles. The van der Waals surface area contributed by atoms with E-state index in [0.717, 1.165) is 25.7 Å². The smallest absolute Gasteiger partial charge is 0.259 e. The summed E-state index contributed by atoms with van der Waals surface area (Å²) in [6, 6.07) is 10.0. The Hall–Kier alpha value is -2.02. The van der Waals surface area contributed by atoms with Gasteiger partial charge in [-0.3, -0.25) is 4.79 Å². The molecular weight excluding hydrogens is 276 g/mol. The fraction of sp³-hybridized carbons (Fsp3) is 0.556. The molecule has 1 amide bonds. The van der Waals surface area contributed by atoms with Gasteiger partial charge in [-0.1, -0.05) is 32.9 Å². The van der Waals surface area contributed by atoms with Gasteiger partial charge in [0.1, 0.15) is 11.3 Å². The maximum Gasteiger partial charge on any atom is 0.259 e. The standard InChI is InChI=1S/C18H24N2O2/c1-17(2,3)14-6-8-15(9-7-14)22-12-16(21)20-18(13-19)10-4-5-11-18/h6-9H,4-5,10-12H2,1-3H3,(H,20,21). The minimum Gasteiger partial charge on any atom is -0.484 e. The van der Waals surface area contributed by atoms with Crippen LogP contribution in [0.4, 0.5) is 0 Å². The molecule has 1 aliphatic carbocycles. The normalized spacial score (nSPS) is 16.8. The molecule has 1 aliphatic rings. The van der Waals surface area contributed by atoms with Gasteiger partial charge < -0.3 is 10.1 Å². The van der Waals surface area contributed by atoms with Crippen molar-refractivity contribution in [1.29, 1.82) is 5.26 Å². The third-order valence-electron chi connectivity index (χ3n) is 4.14. The maximum absolute atomic E-state index is 12.0. The van der Waals surface area contributed by atoms with E-state index in [0.29, 0.717) is 5.75 Å². The van der Waals surface area contributed by atoms with Gasteiger partial charge in [-0.25, -0.2) is 0 Å². The average molecular weight is 300 g/mol. The lowest BCUT2D eigenvalue weighted by Crippen LogP contribution is -2.47. The van der Waals surface area contributed by atoms with Gasteiger partial charge in [0.2, 0.25) is 0 Å². The van der Waals surface area contributed by atoms with Gasteiger partial charge in [0, 0.05) is 0 Å². The van der Waals surface area contributed by atoms with E-state index in [1.54, 1.807) is 0 Å². The lowest BCUT2D eigenvalue weighted by molar-refractivity contribution is -0.124. The van der Waals surface area contributed by atoms with Crippen LogP contribution in [0.15, 0.2) is 24.3 Å². The van der Waals surface area contributed by atoms with Crippen LogP contribution in [0.3, 0.4) is 0 Å². The number of carbonyl (C=O) groups excluding carboxylic acids is 1. The van der Waals surface area contributed by atoms with Crippen LogP contribution in [-0.2, 0) is 10.2 Å². The minimum absolute atomic E-state index is 0.0572. The first kappa shape index (κ1) is 16.4. The molecule has 0 radical (unpaired) electrons. The zero-order valence-corrected chi connectivity index (χ0v) is 13.6. The van der Waals surface area contributed by atoms with Crippen LogP contribution in [0, 0.1) is 11.3 Å². The minimum atomic E-state index is -0.684. The molecule has 1 fully saturated rings. The van der Waals surface area contributed by atoms with Crippen molar-refractivity contribution in [1.82, 2.24) is 5.32 Å². The van der Waals surface area contributed by atoms with Gasteiger partial charge in [0.05, 0.1) is 6.07 Å². The highest BCUT2D eigenvalue weighted by Gasteiger charge is 2.35. The second-order valence-corrected chi connectivity index (χ2v) is 7.01. The van der Waals surface area contributed by atoms with E-state index in [1.165, 1.54) is 5.56 Å². The Morgan fingerprint density at radius 1 is 1.27 bits per heavy atom. The van der Waals surface area contributed by atoms with E-state index in [-0.39, 0.29) is 17.9 Å². The third kappa shape index (κ3) is 4.00. The molecule has 0 saturated heterocycles. The molecule has 118 valence electrons. The molecule has 0 spiro atoms. The van der Waals surface area contributed by atoms with E-state index in [1.807, 2.05) is 24.3 Å². The Morgan fingerprint density at radius 3 is 2.36 bits per heavy atom. The lowest BCUT2D eigenvalue weighted by atomic mass is 9.87. The SMILES string of the molecule is CC(C)(C)c1ccc(OCC(=O)NC2(C#N)CCCC2)cc1. The number of benzene rings is 1. The number of hydrogen-bond acceptors (Lipinski definition) is 3. The van der Waals surface area contributed by atoms with Crippen molar-refractivity contribution >= 4 is 5.91 Å². The van der Waals surface area contributed by atoms with E-state index >= 15 is 0 Å². The van der Waals surface area contributed by atoms with Crippen LogP contribution in [-0.4, -0.2) is 18.1 Å². The van der Waals surface area contributed by atoms with Crippen molar-refractivity contribution < 1.29 is 9.53 Å². The van der Waals surface area contributed by atoms with Crippen molar-refractivity contribution in [3.05, 3.63) is 29.8 Å². The van der Waals surface area contributed by atoms with Crippen molar-refractivity contribution in [2.24, 2.45) is 0 Å². The zero-order chi connectivity index (χ0) is 16.2. The number of nitrogens with zero attached hydrogens (tertiary/aromatic N) is 1. The summed E-state index contributed by atoms with van der Waals surface area (Å²) < 4.78 is 5.51. The fourth-order valence-electron chi connectivity index (χ4n) is 2.75. The number of carbonyl (C=O) groups is 1. The lowest BCUT2D eigenvalue weighted by Gasteiger charge is -2.22. The maximum atomic E-state index is 12.0. The summed E-state index contributed by atoms with van der Waals surface area (Å²) in [6.45, 7) is 6.40. The highest BCUT2D eigenvalue weighted by molar-refractivity contribution is 5.79. The summed E-state index contributed by atoms with van der Waals surface area (Å²) in [5.41, 5.74) is 0.632. The van der Waals surface area contributed by atoms with Gasteiger partial charge in [-0.05, 0) is 48.8 Å². The summed E-state index contributed by atoms with van der Waals surface area (Å²) in [5, 5.41) is 12.1. The topological polar surface area (TPSA) is 62.1 Å². The number of hydrogen-bond donors (Lipinski definition) is 1. The van der Waals surface area contributed by atoms with E-state index in [4.69, 9.17) is 4.74 Å². The van der Waals surface area contributed by atoms with Crippen molar-refractivity contribution in [2.75, 3.05) is 6.61 Å². The number of ether oxygens (including phenoxy) is 1. The molecule has 0 heterocycles. The molecule has 4 nitrogen and oxygen atoms in total. The van der Waals surface area contributed by atoms with Gasteiger partial charge in [-0.15, -0.1) is 0 Å². The summed E-state index contributed by atoms with van der Waals surface area (Å²) in [7, 11) is 0. The Morgan fingerprint density at radius 2 is 1.86 bits per heavy atom. The predicted molar refractivity (Wildman–Crippen MR) is 85.6 cm³/mol. The van der Waals surface area contributed by atoms with Crippen molar-refractivity contribution in [3.8, 4) is 11.8 Å². The van der Waals surface area contributed by atoms with Crippen LogP contribution in [0.1, 0.15) is 52.0 Å². The second kappa shape index (κ2) is 6.39. The van der Waals surface area contributed by atoms with Gasteiger partial charge in [0.25, 0.3) is 5.91 Å². The van der Waals surface area contributed by atoms with Crippen LogP contribution >= 0.6 is 0 Å². The third-order valence-corrected chi connectivity index (χ3v) is 4.14. The Labute approximate surface area is 132 Å². The van der Waals surface area contributed by atoms with Gasteiger partial charge >= 0.3 is 0 Å². The zero-order valence-electron chi connectivity index (χ0n) is 13.6. The van der Waals surface area contributed by atoms with Crippen molar-refractivity contribution in [3.63, 3.8) is 0 Å². The highest BCUT2D eigenvalue weighted by Crippen LogP contribution is 2.29. The predicted octanol–water partition coefficient (Wildman–Crippen LogP) is 3.32. The number of amides is 1. The van der Waals surface area contributed by atoms with Gasteiger partial charge in [0.15, 0.2) is 6.61 Å². The van der Waals surface area contributed by atoms with Crippen molar-refractivity contribution in [2.45, 2.75) is 57.4 Å². The first-order valence-corrected chi connectivity index (χ1v) is 7.80. The van der Waals surface area contributed by atoms with E-state index < -0.39 is 5.54 Å². The van der Waals surface area contributed by atoms with Crippen LogP contribution in [0.5, 0.6) is 5.75 Å². The quantitative estimate of drug-likeness (QED) is 0.928. The van der Waals surface area contributed by atoms with Crippen LogP contribution in [0.2, 0.25) is 0 Å². The first-order valence-electron chi connectivity index (χ1n) is 7.80. The average Bonchev–Trinajstić information content (AvgIpc) is 2.94. The molecular formula is C18H24N2O2. The van der Waals surface area contributed by atoms with Crippen LogP contribution in [0.25, 0.3) is 0 Å².